The van der Waals surface area contributed by atoms with Gasteiger partial charge in [-0.2, -0.15) is 5.10 Å². The lowest BCUT2D eigenvalue weighted by molar-refractivity contribution is 0.0650. The highest BCUT2D eigenvalue weighted by Gasteiger charge is 2.22. The van der Waals surface area contributed by atoms with Crippen LogP contribution >= 0.6 is 0 Å². The van der Waals surface area contributed by atoms with Crippen LogP contribution in [0, 0.1) is 19.3 Å². The van der Waals surface area contributed by atoms with E-state index in [-0.39, 0.29) is 18.0 Å². The van der Waals surface area contributed by atoms with Crippen molar-refractivity contribution in [1.82, 2.24) is 20.4 Å². The van der Waals surface area contributed by atoms with Crippen LogP contribution in [0.3, 0.4) is 0 Å². The van der Waals surface area contributed by atoms with Crippen LogP contribution in [-0.4, -0.2) is 40.1 Å². The van der Waals surface area contributed by atoms with Gasteiger partial charge in [0.05, 0.1) is 11.8 Å². The minimum absolute atomic E-state index is 0.233. The number of aliphatic hydroxyl groups is 1. The van der Waals surface area contributed by atoms with Crippen LogP contribution in [-0.2, 0) is 13.5 Å². The van der Waals surface area contributed by atoms with Gasteiger partial charge in [0.1, 0.15) is 0 Å². The Morgan fingerprint density at radius 1 is 1.32 bits per heavy atom. The first-order valence-electron chi connectivity index (χ1n) is 7.81. The SMILES string of the molecule is Cc1nn(C)c(C)c1CCCNC(=O)NCC(O)C(C)(C)C. The molecular weight excluding hydrogens is 280 g/mol. The van der Waals surface area contributed by atoms with Crippen LogP contribution < -0.4 is 10.6 Å². The molecular formula is C16H30N4O2. The molecule has 0 fully saturated rings. The van der Waals surface area contributed by atoms with E-state index in [0.29, 0.717) is 6.54 Å². The van der Waals surface area contributed by atoms with E-state index in [0.717, 1.165) is 18.5 Å². The molecule has 0 aliphatic heterocycles. The zero-order valence-electron chi connectivity index (χ0n) is 14.7. The number of carbonyl (C=O) groups is 1. The van der Waals surface area contributed by atoms with E-state index in [1.54, 1.807) is 0 Å². The maximum atomic E-state index is 11.7. The number of carbonyl (C=O) groups excluding carboxylic acids is 1. The van der Waals surface area contributed by atoms with Crippen molar-refractivity contribution in [2.24, 2.45) is 12.5 Å². The summed E-state index contributed by atoms with van der Waals surface area (Å²) >= 11 is 0. The second kappa shape index (κ2) is 7.63. The largest absolute Gasteiger partial charge is 0.391 e. The Balaban J connectivity index is 2.26. The maximum absolute atomic E-state index is 11.7. The molecule has 1 heterocycles. The number of urea groups is 1. The van der Waals surface area contributed by atoms with E-state index >= 15 is 0 Å². The summed E-state index contributed by atoms with van der Waals surface area (Å²) in [7, 11) is 1.94. The highest BCUT2D eigenvalue weighted by Crippen LogP contribution is 2.18. The Kier molecular flexibility index (Phi) is 6.41. The van der Waals surface area contributed by atoms with Crippen LogP contribution in [0.15, 0.2) is 0 Å². The normalized spacial score (nSPS) is 13.0. The van der Waals surface area contributed by atoms with Gasteiger partial charge in [0, 0.05) is 25.8 Å². The summed E-state index contributed by atoms with van der Waals surface area (Å²) in [6.07, 6.45) is 1.21. The van der Waals surface area contributed by atoms with E-state index in [1.807, 2.05) is 39.4 Å². The standard InChI is InChI=1S/C16H30N4O2/c1-11-13(12(2)20(6)19-11)8-7-9-17-15(22)18-10-14(21)16(3,4)5/h14,21H,7-10H2,1-6H3,(H2,17,18,22). The van der Waals surface area contributed by atoms with Gasteiger partial charge in [0.15, 0.2) is 0 Å². The van der Waals surface area contributed by atoms with E-state index in [1.165, 1.54) is 11.3 Å². The lowest BCUT2D eigenvalue weighted by Gasteiger charge is -2.25. The molecule has 0 radical (unpaired) electrons. The van der Waals surface area contributed by atoms with Gasteiger partial charge in [-0.3, -0.25) is 4.68 Å². The molecule has 0 aromatic carbocycles. The predicted molar refractivity (Wildman–Crippen MR) is 87.9 cm³/mol. The molecule has 6 heteroatoms. The molecule has 6 nitrogen and oxygen atoms in total. The molecule has 0 bridgehead atoms. The van der Waals surface area contributed by atoms with Gasteiger partial charge >= 0.3 is 6.03 Å². The fourth-order valence-electron chi connectivity index (χ4n) is 2.20. The Labute approximate surface area is 133 Å². The number of aromatic nitrogens is 2. The topological polar surface area (TPSA) is 79.2 Å². The van der Waals surface area contributed by atoms with Gasteiger partial charge in [0.2, 0.25) is 0 Å². The molecule has 0 spiro atoms. The molecule has 1 aromatic rings. The molecule has 0 saturated carbocycles. The van der Waals surface area contributed by atoms with Crippen molar-refractivity contribution in [3.05, 3.63) is 17.0 Å². The lowest BCUT2D eigenvalue weighted by atomic mass is 9.89. The molecule has 0 saturated heterocycles. The molecule has 3 N–H and O–H groups in total. The Bertz CT molecular complexity index is 503. The monoisotopic (exact) mass is 310 g/mol. The Morgan fingerprint density at radius 3 is 2.45 bits per heavy atom. The smallest absolute Gasteiger partial charge is 0.314 e. The van der Waals surface area contributed by atoms with E-state index < -0.39 is 6.10 Å². The van der Waals surface area contributed by atoms with Gasteiger partial charge in [0.25, 0.3) is 0 Å². The van der Waals surface area contributed by atoms with Gasteiger partial charge < -0.3 is 15.7 Å². The number of amides is 2. The molecule has 1 aromatic heterocycles. The minimum Gasteiger partial charge on any atom is -0.391 e. The predicted octanol–water partition coefficient (Wildman–Crippen LogP) is 1.68. The van der Waals surface area contributed by atoms with Gasteiger partial charge in [-0.1, -0.05) is 20.8 Å². The lowest BCUT2D eigenvalue weighted by Crippen LogP contribution is -2.43. The fraction of sp³-hybridized carbons (Fsp3) is 0.750. The third-order valence-corrected chi connectivity index (χ3v) is 4.00. The van der Waals surface area contributed by atoms with Gasteiger partial charge in [-0.15, -0.1) is 0 Å². The van der Waals surface area contributed by atoms with Crippen molar-refractivity contribution in [2.45, 2.75) is 53.6 Å². The maximum Gasteiger partial charge on any atom is 0.314 e. The first-order valence-corrected chi connectivity index (χ1v) is 7.81. The summed E-state index contributed by atoms with van der Waals surface area (Å²) in [5, 5.41) is 19.8. The second-order valence-electron chi connectivity index (χ2n) is 6.90. The van der Waals surface area contributed by atoms with Gasteiger partial charge in [-0.25, -0.2) is 4.79 Å². The van der Waals surface area contributed by atoms with E-state index in [9.17, 15) is 9.90 Å². The second-order valence-corrected chi connectivity index (χ2v) is 6.90. The molecule has 0 aliphatic rings. The summed E-state index contributed by atoms with van der Waals surface area (Å²) in [5.41, 5.74) is 3.25. The number of aliphatic hydroxyl groups excluding tert-OH is 1. The molecule has 1 atom stereocenters. The zero-order valence-corrected chi connectivity index (χ0v) is 14.7. The van der Waals surface area contributed by atoms with Crippen molar-refractivity contribution in [3.63, 3.8) is 0 Å². The first kappa shape index (κ1) is 18.5. The Hall–Kier alpha value is -1.56. The van der Waals surface area contributed by atoms with Crippen molar-refractivity contribution in [1.29, 1.82) is 0 Å². The van der Waals surface area contributed by atoms with Crippen LogP contribution in [0.5, 0.6) is 0 Å². The van der Waals surface area contributed by atoms with Crippen molar-refractivity contribution < 1.29 is 9.90 Å². The summed E-state index contributed by atoms with van der Waals surface area (Å²) < 4.78 is 1.89. The third-order valence-electron chi connectivity index (χ3n) is 4.00. The molecule has 0 aliphatic carbocycles. The number of hydrogen-bond acceptors (Lipinski definition) is 3. The van der Waals surface area contributed by atoms with Crippen LogP contribution in [0.4, 0.5) is 4.79 Å². The summed E-state index contributed by atoms with van der Waals surface area (Å²) in [6, 6.07) is -0.233. The van der Waals surface area contributed by atoms with Crippen molar-refractivity contribution >= 4 is 6.03 Å². The van der Waals surface area contributed by atoms with Gasteiger partial charge in [-0.05, 0) is 37.7 Å². The van der Waals surface area contributed by atoms with Crippen LogP contribution in [0.2, 0.25) is 0 Å². The Morgan fingerprint density at radius 2 is 1.95 bits per heavy atom. The molecule has 2 amide bonds. The van der Waals surface area contributed by atoms with Crippen molar-refractivity contribution in [2.75, 3.05) is 13.1 Å². The highest BCUT2D eigenvalue weighted by molar-refractivity contribution is 5.73. The van der Waals surface area contributed by atoms with E-state index in [2.05, 4.69) is 22.7 Å². The number of rotatable bonds is 6. The molecule has 22 heavy (non-hydrogen) atoms. The quantitative estimate of drug-likeness (QED) is 0.699. The first-order chi connectivity index (χ1) is 10.1. The summed E-state index contributed by atoms with van der Waals surface area (Å²) in [5.74, 6) is 0. The summed E-state index contributed by atoms with van der Waals surface area (Å²) in [4.78, 5) is 11.7. The van der Waals surface area contributed by atoms with Crippen LogP contribution in [0.1, 0.15) is 44.1 Å². The minimum atomic E-state index is -0.557. The zero-order chi connectivity index (χ0) is 16.9. The van der Waals surface area contributed by atoms with Crippen molar-refractivity contribution in [3.8, 4) is 0 Å². The number of nitrogens with one attached hydrogen (secondary N) is 2. The number of nitrogens with zero attached hydrogens (tertiary/aromatic N) is 2. The molecule has 1 unspecified atom stereocenters. The molecule has 1 rings (SSSR count). The number of aryl methyl sites for hydroxylation is 2. The molecule has 126 valence electrons. The van der Waals surface area contributed by atoms with Crippen LogP contribution in [0.25, 0.3) is 0 Å². The highest BCUT2D eigenvalue weighted by atomic mass is 16.3. The number of hydrogen-bond donors (Lipinski definition) is 3. The third kappa shape index (κ3) is 5.33. The van der Waals surface area contributed by atoms with E-state index in [4.69, 9.17) is 0 Å². The average Bonchev–Trinajstić information content (AvgIpc) is 2.65. The fourth-order valence-corrected chi connectivity index (χ4v) is 2.20. The summed E-state index contributed by atoms with van der Waals surface area (Å²) in [6.45, 7) is 10.8. The average molecular weight is 310 g/mol.